The van der Waals surface area contributed by atoms with Crippen molar-refractivity contribution in [3.05, 3.63) is 53.3 Å². The first-order valence-corrected chi connectivity index (χ1v) is 12.0. The molecule has 2 saturated heterocycles. The Balaban J connectivity index is 1.28. The van der Waals surface area contributed by atoms with Crippen LogP contribution in [0.2, 0.25) is 0 Å². The van der Waals surface area contributed by atoms with Crippen molar-refractivity contribution in [2.24, 2.45) is 0 Å². The van der Waals surface area contributed by atoms with E-state index >= 15 is 0 Å². The molecule has 0 saturated carbocycles. The smallest absolute Gasteiger partial charge is 0.257 e. The largest absolute Gasteiger partial charge is 0.493 e. The highest BCUT2D eigenvalue weighted by Gasteiger charge is 2.26. The minimum Gasteiger partial charge on any atom is -0.493 e. The Bertz CT molecular complexity index is 1140. The van der Waals surface area contributed by atoms with Gasteiger partial charge >= 0.3 is 0 Å². The summed E-state index contributed by atoms with van der Waals surface area (Å²) < 4.78 is 11.5. The van der Waals surface area contributed by atoms with E-state index in [9.17, 15) is 4.79 Å². The number of likely N-dealkylation sites (tertiary alicyclic amines) is 2. The lowest BCUT2D eigenvalue weighted by Gasteiger charge is -2.31. The molecule has 1 aromatic carbocycles. The second-order valence-corrected chi connectivity index (χ2v) is 9.25. The lowest BCUT2D eigenvalue weighted by Crippen LogP contribution is -2.36. The zero-order valence-corrected chi connectivity index (χ0v) is 19.5. The number of methoxy groups -OCH3 is 1. The monoisotopic (exact) mass is 448 g/mol. The molecule has 0 spiro atoms. The summed E-state index contributed by atoms with van der Waals surface area (Å²) in [7, 11) is 1.67. The van der Waals surface area contributed by atoms with Gasteiger partial charge in [0.25, 0.3) is 5.91 Å². The highest BCUT2D eigenvalue weighted by atomic mass is 16.5. The van der Waals surface area contributed by atoms with Gasteiger partial charge in [0.15, 0.2) is 11.3 Å². The number of carbonyl (C=O) groups is 1. The molecule has 2 aromatic heterocycles. The molecule has 2 fully saturated rings. The van der Waals surface area contributed by atoms with Crippen LogP contribution >= 0.6 is 0 Å². The van der Waals surface area contributed by atoms with Crippen molar-refractivity contribution in [2.75, 3.05) is 33.3 Å². The Morgan fingerprint density at radius 3 is 2.82 bits per heavy atom. The number of piperidine rings is 2. The number of amides is 1. The maximum atomic E-state index is 12.9. The Kier molecular flexibility index (Phi) is 6.31. The molecule has 4 heterocycles. The lowest BCUT2D eigenvalue weighted by molar-refractivity contribution is 0.0722. The summed E-state index contributed by atoms with van der Waals surface area (Å²) in [6, 6.07) is 8.05. The third kappa shape index (κ3) is 4.60. The van der Waals surface area contributed by atoms with Crippen LogP contribution < -0.4 is 4.74 Å². The molecule has 1 amide bonds. The molecule has 5 rings (SSSR count). The number of furan rings is 1. The van der Waals surface area contributed by atoms with Crippen molar-refractivity contribution in [3.8, 4) is 5.75 Å². The van der Waals surface area contributed by atoms with Gasteiger partial charge in [-0.1, -0.05) is 12.1 Å². The van der Waals surface area contributed by atoms with Gasteiger partial charge in [-0.3, -0.25) is 9.69 Å². The van der Waals surface area contributed by atoms with E-state index in [1.54, 1.807) is 13.3 Å². The van der Waals surface area contributed by atoms with Crippen LogP contribution in [0.1, 0.15) is 65.7 Å². The van der Waals surface area contributed by atoms with Crippen molar-refractivity contribution in [2.45, 2.75) is 51.5 Å². The van der Waals surface area contributed by atoms with Crippen LogP contribution in [0.15, 0.2) is 34.9 Å². The van der Waals surface area contributed by atoms with E-state index in [1.807, 2.05) is 30.0 Å². The van der Waals surface area contributed by atoms with Gasteiger partial charge in [0.2, 0.25) is 0 Å². The third-order valence-electron chi connectivity index (χ3n) is 6.90. The highest BCUT2D eigenvalue weighted by Crippen LogP contribution is 2.31. The molecule has 0 bridgehead atoms. The fourth-order valence-corrected chi connectivity index (χ4v) is 5.12. The molecule has 7 nitrogen and oxygen atoms in total. The third-order valence-corrected chi connectivity index (χ3v) is 6.90. The van der Waals surface area contributed by atoms with Crippen LogP contribution in [0.3, 0.4) is 0 Å². The SMILES string of the molecule is COc1cccc2cc(CN3CCC[C@@H](c4ncc(C(=O)N5CCCCC5)c(C)n4)C3)oc12. The molecule has 0 aliphatic carbocycles. The zero-order valence-electron chi connectivity index (χ0n) is 19.5. The summed E-state index contributed by atoms with van der Waals surface area (Å²) >= 11 is 0. The summed E-state index contributed by atoms with van der Waals surface area (Å²) in [6.45, 7) is 6.27. The van der Waals surface area contributed by atoms with Gasteiger partial charge < -0.3 is 14.1 Å². The van der Waals surface area contributed by atoms with Crippen molar-refractivity contribution < 1.29 is 13.9 Å². The molecule has 7 heteroatoms. The molecule has 2 aliphatic heterocycles. The van der Waals surface area contributed by atoms with E-state index in [4.69, 9.17) is 14.1 Å². The van der Waals surface area contributed by atoms with E-state index in [0.717, 1.165) is 92.4 Å². The summed E-state index contributed by atoms with van der Waals surface area (Å²) in [6.07, 6.45) is 7.27. The average Bonchev–Trinajstić information content (AvgIpc) is 3.27. The van der Waals surface area contributed by atoms with Crippen LogP contribution in [-0.4, -0.2) is 59.0 Å². The maximum Gasteiger partial charge on any atom is 0.257 e. The number of aryl methyl sites for hydroxylation is 1. The first-order chi connectivity index (χ1) is 16.1. The van der Waals surface area contributed by atoms with Crippen molar-refractivity contribution in [1.29, 1.82) is 0 Å². The summed E-state index contributed by atoms with van der Waals surface area (Å²) in [5.74, 6) is 2.88. The number of fused-ring (bicyclic) bond motifs is 1. The van der Waals surface area contributed by atoms with Gasteiger partial charge in [0.05, 0.1) is 24.9 Å². The summed E-state index contributed by atoms with van der Waals surface area (Å²) in [5.41, 5.74) is 2.23. The molecule has 174 valence electrons. The van der Waals surface area contributed by atoms with Gasteiger partial charge in [-0.25, -0.2) is 9.97 Å². The van der Waals surface area contributed by atoms with E-state index in [-0.39, 0.29) is 11.8 Å². The highest BCUT2D eigenvalue weighted by molar-refractivity contribution is 5.95. The molecule has 0 radical (unpaired) electrons. The van der Waals surface area contributed by atoms with Crippen LogP contribution in [0.5, 0.6) is 5.75 Å². The number of para-hydroxylation sites is 1. The van der Waals surface area contributed by atoms with Crippen LogP contribution in [0, 0.1) is 6.92 Å². The predicted octanol–water partition coefficient (Wildman–Crippen LogP) is 4.55. The van der Waals surface area contributed by atoms with Gasteiger partial charge in [-0.05, 0) is 57.7 Å². The van der Waals surface area contributed by atoms with Crippen LogP contribution in [0.4, 0.5) is 0 Å². The predicted molar refractivity (Wildman–Crippen MR) is 127 cm³/mol. The number of hydrogen-bond donors (Lipinski definition) is 0. The Morgan fingerprint density at radius 2 is 2.03 bits per heavy atom. The molecule has 0 N–H and O–H groups in total. The first kappa shape index (κ1) is 21.9. The van der Waals surface area contributed by atoms with E-state index < -0.39 is 0 Å². The molecule has 33 heavy (non-hydrogen) atoms. The van der Waals surface area contributed by atoms with Gasteiger partial charge in [0, 0.05) is 37.1 Å². The molecule has 1 atom stereocenters. The van der Waals surface area contributed by atoms with Crippen molar-refractivity contribution in [3.63, 3.8) is 0 Å². The molecule has 3 aromatic rings. The zero-order chi connectivity index (χ0) is 22.8. The number of rotatable bonds is 5. The summed E-state index contributed by atoms with van der Waals surface area (Å²) in [4.78, 5) is 26.7. The number of ether oxygens (including phenoxy) is 1. The number of hydrogen-bond acceptors (Lipinski definition) is 6. The fourth-order valence-electron chi connectivity index (χ4n) is 5.12. The fraction of sp³-hybridized carbons (Fsp3) is 0.500. The van der Waals surface area contributed by atoms with E-state index in [1.165, 1.54) is 6.42 Å². The number of nitrogens with zero attached hydrogens (tertiary/aromatic N) is 4. The lowest BCUT2D eigenvalue weighted by atomic mass is 9.96. The second-order valence-electron chi connectivity index (χ2n) is 9.25. The first-order valence-electron chi connectivity index (χ1n) is 12.0. The van der Waals surface area contributed by atoms with Crippen LogP contribution in [-0.2, 0) is 6.54 Å². The average molecular weight is 449 g/mol. The van der Waals surface area contributed by atoms with E-state index in [2.05, 4.69) is 16.0 Å². The van der Waals surface area contributed by atoms with Crippen molar-refractivity contribution in [1.82, 2.24) is 19.8 Å². The normalized spacial score (nSPS) is 19.7. The topological polar surface area (TPSA) is 71.7 Å². The van der Waals surface area contributed by atoms with Crippen LogP contribution in [0.25, 0.3) is 11.0 Å². The standard InChI is InChI=1S/C26H32N4O3/c1-18-22(26(31)30-12-4-3-5-13-30)15-27-25(28-18)20-9-7-11-29(16-20)17-21-14-19-8-6-10-23(32-2)24(19)33-21/h6,8,10,14-15,20H,3-5,7,9,11-13,16-17H2,1-2H3/t20-/m1/s1. The Labute approximate surface area is 194 Å². The van der Waals surface area contributed by atoms with Gasteiger partial charge in [-0.15, -0.1) is 0 Å². The maximum absolute atomic E-state index is 12.9. The minimum atomic E-state index is 0.0735. The molecular weight excluding hydrogens is 416 g/mol. The molecule has 0 unspecified atom stereocenters. The number of carbonyl (C=O) groups excluding carboxylic acids is 1. The van der Waals surface area contributed by atoms with E-state index in [0.29, 0.717) is 5.56 Å². The number of benzene rings is 1. The Hall–Kier alpha value is -2.93. The van der Waals surface area contributed by atoms with Gasteiger partial charge in [0.1, 0.15) is 11.6 Å². The quantitative estimate of drug-likeness (QED) is 0.570. The summed E-state index contributed by atoms with van der Waals surface area (Å²) in [5, 5.41) is 1.06. The minimum absolute atomic E-state index is 0.0735. The second kappa shape index (κ2) is 9.51. The number of aromatic nitrogens is 2. The van der Waals surface area contributed by atoms with Gasteiger partial charge in [-0.2, -0.15) is 0 Å². The molecule has 2 aliphatic rings. The molecular formula is C26H32N4O3. The van der Waals surface area contributed by atoms with Crippen molar-refractivity contribution >= 4 is 16.9 Å². The Morgan fingerprint density at radius 1 is 1.18 bits per heavy atom.